The van der Waals surface area contributed by atoms with Gasteiger partial charge in [-0.2, -0.15) is 0 Å². The van der Waals surface area contributed by atoms with Gasteiger partial charge in [0.25, 0.3) is 0 Å². The maximum absolute atomic E-state index is 11.8. The molecule has 1 saturated carbocycles. The van der Waals surface area contributed by atoms with Crippen molar-refractivity contribution in [2.24, 2.45) is 11.8 Å². The number of β-amino-alcohol motifs (C(OH)–C–C–N with tert-alkyl or cyclic N) is 1. The van der Waals surface area contributed by atoms with Crippen molar-refractivity contribution in [1.82, 2.24) is 10.2 Å². The van der Waals surface area contributed by atoms with Gasteiger partial charge in [-0.25, -0.2) is 0 Å². The predicted octanol–water partition coefficient (Wildman–Crippen LogP) is 0.132. The van der Waals surface area contributed by atoms with Gasteiger partial charge in [-0.05, 0) is 25.7 Å². The topological polar surface area (TPSA) is 69.6 Å². The van der Waals surface area contributed by atoms with Gasteiger partial charge in [0.05, 0.1) is 5.60 Å². The minimum Gasteiger partial charge on any atom is -0.388 e. The lowest BCUT2D eigenvalue weighted by Gasteiger charge is -2.19. The second-order valence-electron chi connectivity index (χ2n) is 5.92. The highest BCUT2D eigenvalue weighted by Gasteiger charge is 2.39. The number of rotatable bonds is 4. The van der Waals surface area contributed by atoms with Crippen molar-refractivity contribution in [3.63, 3.8) is 0 Å². The first kappa shape index (κ1) is 13.3. The monoisotopic (exact) mass is 254 g/mol. The summed E-state index contributed by atoms with van der Waals surface area (Å²) >= 11 is 0. The number of nitrogens with zero attached hydrogens (tertiary/aromatic N) is 1. The van der Waals surface area contributed by atoms with Gasteiger partial charge in [-0.3, -0.25) is 9.59 Å². The molecule has 5 nitrogen and oxygen atoms in total. The average Bonchev–Trinajstić information content (AvgIpc) is 2.90. The third kappa shape index (κ3) is 3.22. The number of aliphatic hydroxyl groups is 1. The third-order valence-corrected chi connectivity index (χ3v) is 3.89. The standard InChI is InChI=1S/C13H22N2O3/c1-9-7-10(9)12(17)14-5-3-11(16)15-6-4-13(2,18)8-15/h9-10,18H,3-8H2,1-2H3,(H,14,17). The molecule has 2 rings (SSSR count). The van der Waals surface area contributed by atoms with Crippen molar-refractivity contribution in [2.75, 3.05) is 19.6 Å². The van der Waals surface area contributed by atoms with Crippen molar-refractivity contribution in [2.45, 2.75) is 38.7 Å². The first-order valence-electron chi connectivity index (χ1n) is 6.67. The lowest BCUT2D eigenvalue weighted by atomic mass is 10.1. The highest BCUT2D eigenvalue weighted by atomic mass is 16.3. The Balaban J connectivity index is 1.65. The molecule has 1 aliphatic heterocycles. The van der Waals surface area contributed by atoms with E-state index in [0.29, 0.717) is 38.4 Å². The minimum absolute atomic E-state index is 0.0110. The maximum atomic E-state index is 11.8. The zero-order valence-electron chi connectivity index (χ0n) is 11.1. The smallest absolute Gasteiger partial charge is 0.224 e. The Hall–Kier alpha value is -1.10. The molecular weight excluding hydrogens is 232 g/mol. The van der Waals surface area contributed by atoms with Crippen molar-refractivity contribution >= 4 is 11.8 Å². The van der Waals surface area contributed by atoms with Crippen LogP contribution < -0.4 is 5.32 Å². The molecule has 1 aliphatic carbocycles. The molecule has 2 fully saturated rings. The molecule has 18 heavy (non-hydrogen) atoms. The zero-order valence-corrected chi connectivity index (χ0v) is 11.1. The summed E-state index contributed by atoms with van der Waals surface area (Å²) in [4.78, 5) is 25.0. The van der Waals surface area contributed by atoms with Gasteiger partial charge in [-0.15, -0.1) is 0 Å². The van der Waals surface area contributed by atoms with Gasteiger partial charge < -0.3 is 15.3 Å². The number of hydrogen-bond acceptors (Lipinski definition) is 3. The SMILES string of the molecule is CC1CC1C(=O)NCCC(=O)N1CCC(C)(O)C1. The van der Waals surface area contributed by atoms with E-state index in [9.17, 15) is 14.7 Å². The number of hydrogen-bond donors (Lipinski definition) is 2. The molecular formula is C13H22N2O3. The fourth-order valence-corrected chi connectivity index (χ4v) is 2.43. The molecule has 0 bridgehead atoms. The van der Waals surface area contributed by atoms with Crippen molar-refractivity contribution in [3.8, 4) is 0 Å². The predicted molar refractivity (Wildman–Crippen MR) is 66.7 cm³/mol. The van der Waals surface area contributed by atoms with Gasteiger partial charge in [-0.1, -0.05) is 6.92 Å². The Bertz CT molecular complexity index is 354. The number of nitrogens with one attached hydrogen (secondary N) is 1. The van der Waals surface area contributed by atoms with Crippen LogP contribution >= 0.6 is 0 Å². The van der Waals surface area contributed by atoms with Crippen LogP contribution in [0.1, 0.15) is 33.1 Å². The van der Waals surface area contributed by atoms with E-state index in [0.717, 1.165) is 6.42 Å². The molecule has 0 radical (unpaired) electrons. The average molecular weight is 254 g/mol. The summed E-state index contributed by atoms with van der Waals surface area (Å²) in [6.07, 6.45) is 1.92. The summed E-state index contributed by atoms with van der Waals surface area (Å²) in [6, 6.07) is 0. The molecule has 2 amide bonds. The minimum atomic E-state index is -0.748. The molecule has 0 aromatic carbocycles. The van der Waals surface area contributed by atoms with Crippen molar-refractivity contribution in [1.29, 1.82) is 0 Å². The molecule has 3 unspecified atom stereocenters. The van der Waals surface area contributed by atoms with E-state index < -0.39 is 5.60 Å². The fourth-order valence-electron chi connectivity index (χ4n) is 2.43. The molecule has 0 aromatic heterocycles. The summed E-state index contributed by atoms with van der Waals surface area (Å²) in [5.41, 5.74) is -0.748. The number of carbonyl (C=O) groups excluding carboxylic acids is 2. The van der Waals surface area contributed by atoms with Crippen LogP contribution in [-0.4, -0.2) is 47.1 Å². The van der Waals surface area contributed by atoms with Crippen molar-refractivity contribution in [3.05, 3.63) is 0 Å². The van der Waals surface area contributed by atoms with E-state index in [2.05, 4.69) is 12.2 Å². The van der Waals surface area contributed by atoms with E-state index >= 15 is 0 Å². The van der Waals surface area contributed by atoms with Gasteiger partial charge in [0, 0.05) is 32.0 Å². The highest BCUT2D eigenvalue weighted by Crippen LogP contribution is 2.37. The maximum Gasteiger partial charge on any atom is 0.224 e. The highest BCUT2D eigenvalue weighted by molar-refractivity contribution is 5.82. The summed E-state index contributed by atoms with van der Waals surface area (Å²) < 4.78 is 0. The Morgan fingerprint density at radius 1 is 1.50 bits per heavy atom. The molecule has 5 heteroatoms. The van der Waals surface area contributed by atoms with Crippen LogP contribution in [0.15, 0.2) is 0 Å². The summed E-state index contributed by atoms with van der Waals surface area (Å²) in [5.74, 6) is 0.739. The van der Waals surface area contributed by atoms with E-state index in [1.54, 1.807) is 11.8 Å². The molecule has 1 heterocycles. The molecule has 3 atom stereocenters. The van der Waals surface area contributed by atoms with Crippen LogP contribution in [0.2, 0.25) is 0 Å². The summed E-state index contributed by atoms with van der Waals surface area (Å²) in [6.45, 7) is 5.22. The molecule has 2 aliphatic rings. The second-order valence-corrected chi connectivity index (χ2v) is 5.92. The quantitative estimate of drug-likeness (QED) is 0.749. The first-order chi connectivity index (χ1) is 8.39. The molecule has 2 N–H and O–H groups in total. The van der Waals surface area contributed by atoms with Crippen molar-refractivity contribution < 1.29 is 14.7 Å². The van der Waals surface area contributed by atoms with E-state index in [1.165, 1.54) is 0 Å². The zero-order chi connectivity index (χ0) is 13.3. The lowest BCUT2D eigenvalue weighted by molar-refractivity contribution is -0.131. The van der Waals surface area contributed by atoms with Gasteiger partial charge in [0.15, 0.2) is 0 Å². The first-order valence-corrected chi connectivity index (χ1v) is 6.67. The number of amides is 2. The van der Waals surface area contributed by atoms with E-state index in [1.807, 2.05) is 0 Å². The molecule has 1 saturated heterocycles. The number of carbonyl (C=O) groups is 2. The van der Waals surface area contributed by atoms with Crippen LogP contribution in [0.5, 0.6) is 0 Å². The summed E-state index contributed by atoms with van der Waals surface area (Å²) in [7, 11) is 0. The van der Waals surface area contributed by atoms with Gasteiger partial charge in [0.2, 0.25) is 11.8 Å². The van der Waals surface area contributed by atoms with Crippen LogP contribution in [-0.2, 0) is 9.59 Å². The number of likely N-dealkylation sites (tertiary alicyclic amines) is 1. The van der Waals surface area contributed by atoms with Crippen LogP contribution in [0.25, 0.3) is 0 Å². The Labute approximate surface area is 108 Å². The van der Waals surface area contributed by atoms with Gasteiger partial charge in [0.1, 0.15) is 0 Å². The lowest BCUT2D eigenvalue weighted by Crippen LogP contribution is -2.36. The van der Waals surface area contributed by atoms with Gasteiger partial charge >= 0.3 is 0 Å². The molecule has 0 spiro atoms. The summed E-state index contributed by atoms with van der Waals surface area (Å²) in [5, 5.41) is 12.6. The van der Waals surface area contributed by atoms with Crippen LogP contribution in [0, 0.1) is 11.8 Å². The van der Waals surface area contributed by atoms with E-state index in [4.69, 9.17) is 0 Å². The third-order valence-electron chi connectivity index (χ3n) is 3.89. The second kappa shape index (κ2) is 4.88. The van der Waals surface area contributed by atoms with Crippen LogP contribution in [0.4, 0.5) is 0 Å². The Morgan fingerprint density at radius 3 is 2.67 bits per heavy atom. The fraction of sp³-hybridized carbons (Fsp3) is 0.846. The largest absolute Gasteiger partial charge is 0.388 e. The normalized spacial score (nSPS) is 34.5. The van der Waals surface area contributed by atoms with E-state index in [-0.39, 0.29) is 17.7 Å². The Kier molecular flexibility index (Phi) is 3.61. The Morgan fingerprint density at radius 2 is 2.17 bits per heavy atom. The van der Waals surface area contributed by atoms with Crippen LogP contribution in [0.3, 0.4) is 0 Å². The molecule has 0 aromatic rings. The molecule has 102 valence electrons.